The van der Waals surface area contributed by atoms with E-state index in [2.05, 4.69) is 5.10 Å². The molecule has 0 aliphatic carbocycles. The largest absolute Gasteiger partial charge is 0.505 e. The van der Waals surface area contributed by atoms with Crippen LogP contribution >= 0.6 is 0 Å². The minimum absolute atomic E-state index is 0. The molecule has 0 unspecified atom stereocenters. The molecule has 3 rings (SSSR count). The van der Waals surface area contributed by atoms with Crippen molar-refractivity contribution >= 4 is 0 Å². The molecule has 1 heterocycles. The van der Waals surface area contributed by atoms with Crippen molar-refractivity contribution in [1.82, 2.24) is 9.78 Å². The second-order valence-corrected chi connectivity index (χ2v) is 7.13. The van der Waals surface area contributed by atoms with E-state index in [-0.39, 0.29) is 75.2 Å². The summed E-state index contributed by atoms with van der Waals surface area (Å²) in [6, 6.07) is 13.8. The molecule has 0 atom stereocenters. The van der Waals surface area contributed by atoms with Crippen molar-refractivity contribution in [3.05, 3.63) is 88.9 Å². The SMILES string of the molecule is CC.Cc1ccccc1-c1c(O)c(Cc2ccccc2F)nn(CC(C)C)c1=O.[CH3-].[Y]. The molecule has 3 aromatic rings. The monoisotopic (exact) mass is 500 g/mol. The van der Waals surface area contributed by atoms with Crippen LogP contribution in [0.5, 0.6) is 5.75 Å². The van der Waals surface area contributed by atoms with Gasteiger partial charge in [0.15, 0.2) is 5.75 Å². The zero-order chi connectivity index (χ0) is 21.6. The second kappa shape index (κ2) is 13.5. The molecule has 2 aromatic carbocycles. The molecular formula is C25H32FN2O2Y-. The Morgan fingerprint density at radius 2 is 1.65 bits per heavy atom. The number of nitrogens with zero attached hydrogens (tertiary/aromatic N) is 2. The van der Waals surface area contributed by atoms with Gasteiger partial charge in [0.1, 0.15) is 11.5 Å². The molecule has 6 heteroatoms. The maximum absolute atomic E-state index is 14.1. The molecule has 0 bridgehead atoms. The fraction of sp³-hybridized carbons (Fsp3) is 0.320. The molecule has 1 aromatic heterocycles. The first-order valence-corrected chi connectivity index (χ1v) is 10.0. The van der Waals surface area contributed by atoms with E-state index < -0.39 is 0 Å². The van der Waals surface area contributed by atoms with E-state index in [4.69, 9.17) is 0 Å². The Hall–Kier alpha value is -1.85. The van der Waals surface area contributed by atoms with Gasteiger partial charge in [0.2, 0.25) is 0 Å². The van der Waals surface area contributed by atoms with Gasteiger partial charge in [-0.2, -0.15) is 5.10 Å². The Morgan fingerprint density at radius 3 is 2.23 bits per heavy atom. The zero-order valence-electron chi connectivity index (χ0n) is 19.3. The van der Waals surface area contributed by atoms with Gasteiger partial charge in [-0.3, -0.25) is 4.79 Å². The third-order valence-electron chi connectivity index (χ3n) is 4.47. The number of halogens is 1. The van der Waals surface area contributed by atoms with E-state index in [0.717, 1.165) is 5.56 Å². The maximum Gasteiger partial charge on any atom is 0.278 e. The summed E-state index contributed by atoms with van der Waals surface area (Å²) in [7, 11) is 0. The minimum atomic E-state index is -0.363. The van der Waals surface area contributed by atoms with Gasteiger partial charge in [-0.15, -0.1) is 0 Å². The normalized spacial score (nSPS) is 9.90. The average molecular weight is 500 g/mol. The van der Waals surface area contributed by atoms with Gasteiger partial charge in [-0.25, -0.2) is 9.07 Å². The van der Waals surface area contributed by atoms with Crippen molar-refractivity contribution in [3.8, 4) is 16.9 Å². The first-order chi connectivity index (χ1) is 13.9. The van der Waals surface area contributed by atoms with Crippen LogP contribution in [-0.4, -0.2) is 14.9 Å². The molecule has 165 valence electrons. The Bertz CT molecular complexity index is 1030. The van der Waals surface area contributed by atoms with Gasteiger partial charge >= 0.3 is 0 Å². The van der Waals surface area contributed by atoms with E-state index in [9.17, 15) is 14.3 Å². The number of aromatic hydroxyl groups is 1. The molecule has 4 nitrogen and oxygen atoms in total. The van der Waals surface area contributed by atoms with Crippen LogP contribution in [0.2, 0.25) is 0 Å². The van der Waals surface area contributed by atoms with Crippen LogP contribution in [0.3, 0.4) is 0 Å². The van der Waals surface area contributed by atoms with Crippen LogP contribution in [0.4, 0.5) is 4.39 Å². The van der Waals surface area contributed by atoms with Gasteiger partial charge in [-0.1, -0.05) is 70.2 Å². The Kier molecular flexibility index (Phi) is 12.7. The van der Waals surface area contributed by atoms with Gasteiger partial charge in [0, 0.05) is 45.7 Å². The van der Waals surface area contributed by atoms with Crippen LogP contribution in [0.15, 0.2) is 53.3 Å². The van der Waals surface area contributed by atoms with E-state index in [1.165, 1.54) is 10.7 Å². The van der Waals surface area contributed by atoms with Crippen molar-refractivity contribution in [2.24, 2.45) is 5.92 Å². The third kappa shape index (κ3) is 7.08. The molecule has 0 fully saturated rings. The van der Waals surface area contributed by atoms with E-state index in [1.807, 2.05) is 52.8 Å². The smallest absolute Gasteiger partial charge is 0.278 e. The number of hydrogen-bond acceptors (Lipinski definition) is 3. The predicted molar refractivity (Wildman–Crippen MR) is 122 cm³/mol. The van der Waals surface area contributed by atoms with Gasteiger partial charge in [0.05, 0.1) is 5.56 Å². The molecule has 1 radical (unpaired) electrons. The van der Waals surface area contributed by atoms with Crippen LogP contribution < -0.4 is 5.56 Å². The summed E-state index contributed by atoms with van der Waals surface area (Å²) in [5.41, 5.74) is 2.13. The average Bonchev–Trinajstić information content (AvgIpc) is 2.70. The summed E-state index contributed by atoms with van der Waals surface area (Å²) in [5.74, 6) is -0.346. The number of aromatic nitrogens is 2. The fourth-order valence-corrected chi connectivity index (χ4v) is 3.12. The zero-order valence-corrected chi connectivity index (χ0v) is 22.2. The molecule has 0 aliphatic heterocycles. The molecule has 1 N–H and O–H groups in total. The summed E-state index contributed by atoms with van der Waals surface area (Å²) in [6.45, 7) is 10.3. The second-order valence-electron chi connectivity index (χ2n) is 7.13. The molecule has 0 amide bonds. The van der Waals surface area contributed by atoms with Gasteiger partial charge in [-0.05, 0) is 35.6 Å². The number of benzene rings is 2. The predicted octanol–water partition coefficient (Wildman–Crippen LogP) is 5.78. The topological polar surface area (TPSA) is 55.1 Å². The Balaban J connectivity index is 0.00000219. The molecule has 0 saturated heterocycles. The summed E-state index contributed by atoms with van der Waals surface area (Å²) < 4.78 is 15.5. The number of hydrogen-bond donors (Lipinski definition) is 1. The molecule has 0 spiro atoms. The molecular weight excluding hydrogens is 468 g/mol. The summed E-state index contributed by atoms with van der Waals surface area (Å²) in [5, 5.41) is 15.2. The van der Waals surface area contributed by atoms with Crippen LogP contribution in [0, 0.1) is 26.1 Å². The van der Waals surface area contributed by atoms with E-state index in [0.29, 0.717) is 23.4 Å². The van der Waals surface area contributed by atoms with Crippen LogP contribution in [0.25, 0.3) is 11.1 Å². The van der Waals surface area contributed by atoms with Gasteiger partial charge in [0.25, 0.3) is 5.56 Å². The molecule has 0 saturated carbocycles. The Labute approximate surface area is 210 Å². The summed E-state index contributed by atoms with van der Waals surface area (Å²) >= 11 is 0. The van der Waals surface area contributed by atoms with E-state index in [1.54, 1.807) is 24.3 Å². The first kappa shape index (κ1) is 29.2. The third-order valence-corrected chi connectivity index (χ3v) is 4.47. The minimum Gasteiger partial charge on any atom is -0.505 e. The van der Waals surface area contributed by atoms with Gasteiger partial charge < -0.3 is 12.5 Å². The quantitative estimate of drug-likeness (QED) is 0.452. The summed E-state index contributed by atoms with van der Waals surface area (Å²) in [6.07, 6.45) is 0.107. The molecule has 31 heavy (non-hydrogen) atoms. The van der Waals surface area contributed by atoms with Crippen molar-refractivity contribution in [3.63, 3.8) is 0 Å². The number of aryl methyl sites for hydroxylation is 1. The van der Waals surface area contributed by atoms with Crippen LogP contribution in [-0.2, 0) is 45.7 Å². The Morgan fingerprint density at radius 1 is 1.06 bits per heavy atom. The maximum atomic E-state index is 14.1. The van der Waals surface area contributed by atoms with E-state index >= 15 is 0 Å². The van der Waals surface area contributed by atoms with Crippen LogP contribution in [0.1, 0.15) is 44.5 Å². The summed E-state index contributed by atoms with van der Waals surface area (Å²) in [4.78, 5) is 13.0. The first-order valence-electron chi connectivity index (χ1n) is 10.0. The molecule has 0 aliphatic rings. The fourth-order valence-electron chi connectivity index (χ4n) is 3.12. The number of rotatable bonds is 5. The van der Waals surface area contributed by atoms with Crippen molar-refractivity contribution in [2.75, 3.05) is 0 Å². The van der Waals surface area contributed by atoms with Crippen molar-refractivity contribution in [1.29, 1.82) is 0 Å². The standard InChI is InChI=1S/C22H23FN2O2.C2H6.CH3.Y/c1-14(2)13-25-22(27)20(17-10-6-4-8-15(17)3)21(26)19(24-25)12-16-9-5-7-11-18(16)23;1-2;;/h4-11,14,26H,12-13H2,1-3H3;1-2H3;1H3;/q;;-1;. The van der Waals surface area contributed by atoms with Crippen molar-refractivity contribution in [2.45, 2.75) is 47.6 Å². The van der Waals surface area contributed by atoms with Crippen molar-refractivity contribution < 1.29 is 42.2 Å².